The Morgan fingerprint density at radius 3 is 2.59 bits per heavy atom. The summed E-state index contributed by atoms with van der Waals surface area (Å²) in [5, 5.41) is 0. The van der Waals surface area contributed by atoms with Crippen LogP contribution in [0.4, 0.5) is 0 Å². The topological polar surface area (TPSA) is 38.0 Å². The van der Waals surface area contributed by atoms with Gasteiger partial charge in [-0.2, -0.15) is 0 Å². The van der Waals surface area contributed by atoms with Crippen LogP contribution in [0.1, 0.15) is 38.2 Å². The normalized spacial score (nSPS) is 20.4. The van der Waals surface area contributed by atoms with E-state index in [9.17, 15) is 0 Å². The molecule has 1 aromatic rings. The van der Waals surface area contributed by atoms with Gasteiger partial charge in [-0.1, -0.05) is 53.9 Å². The van der Waals surface area contributed by atoms with E-state index < -0.39 is 0 Å². The predicted molar refractivity (Wildman–Crippen MR) is 75.5 cm³/mol. The first-order valence-electron chi connectivity index (χ1n) is 6.35. The fourth-order valence-corrected chi connectivity index (χ4v) is 3.37. The number of hydrogen-bond donors (Lipinski definition) is 2. The molecule has 1 fully saturated rings. The molecule has 0 aromatic heterocycles. The molecular formula is C14H21BrN2. The van der Waals surface area contributed by atoms with Gasteiger partial charge in [0.05, 0.1) is 0 Å². The molecule has 3 N–H and O–H groups in total. The van der Waals surface area contributed by atoms with Gasteiger partial charge in [0.2, 0.25) is 0 Å². The van der Waals surface area contributed by atoms with Gasteiger partial charge >= 0.3 is 0 Å². The largest absolute Gasteiger partial charge is 0.271 e. The van der Waals surface area contributed by atoms with Crippen molar-refractivity contribution in [3.8, 4) is 0 Å². The number of nitrogens with two attached hydrogens (primary N) is 1. The lowest BCUT2D eigenvalue weighted by Crippen LogP contribution is -2.47. The molecule has 1 aliphatic carbocycles. The van der Waals surface area contributed by atoms with Gasteiger partial charge < -0.3 is 0 Å². The van der Waals surface area contributed by atoms with Gasteiger partial charge in [0.25, 0.3) is 0 Å². The van der Waals surface area contributed by atoms with Crippen molar-refractivity contribution in [3.63, 3.8) is 0 Å². The van der Waals surface area contributed by atoms with Gasteiger partial charge in [0, 0.05) is 10.5 Å². The summed E-state index contributed by atoms with van der Waals surface area (Å²) >= 11 is 3.61. The Labute approximate surface area is 112 Å². The summed E-state index contributed by atoms with van der Waals surface area (Å²) in [5.41, 5.74) is 4.73. The van der Waals surface area contributed by atoms with Gasteiger partial charge in [-0.05, 0) is 36.3 Å². The van der Waals surface area contributed by atoms with Crippen LogP contribution in [0.15, 0.2) is 28.7 Å². The molecule has 0 spiro atoms. The van der Waals surface area contributed by atoms with E-state index in [0.717, 1.165) is 6.42 Å². The Bertz CT molecular complexity index is 372. The number of hydrazine groups is 1. The van der Waals surface area contributed by atoms with E-state index in [1.54, 1.807) is 0 Å². The molecule has 0 aliphatic heterocycles. The molecule has 1 aromatic carbocycles. The average Bonchev–Trinajstić information content (AvgIpc) is 2.76. The van der Waals surface area contributed by atoms with Crippen molar-refractivity contribution in [2.75, 3.05) is 0 Å². The summed E-state index contributed by atoms with van der Waals surface area (Å²) in [6.07, 6.45) is 6.24. The lowest BCUT2D eigenvalue weighted by Gasteiger charge is -2.34. The Hall–Kier alpha value is -0.380. The zero-order valence-electron chi connectivity index (χ0n) is 10.4. The number of hydrogen-bond acceptors (Lipinski definition) is 2. The summed E-state index contributed by atoms with van der Waals surface area (Å²) in [5.74, 6) is 5.77. The highest BCUT2D eigenvalue weighted by Gasteiger charge is 2.36. The van der Waals surface area contributed by atoms with Crippen molar-refractivity contribution < 1.29 is 0 Å². The lowest BCUT2D eigenvalue weighted by atomic mass is 9.78. The molecule has 0 heterocycles. The smallest absolute Gasteiger partial charge is 0.0305 e. The Balaban J connectivity index is 2.12. The van der Waals surface area contributed by atoms with E-state index in [4.69, 9.17) is 5.84 Å². The first-order valence-corrected chi connectivity index (χ1v) is 7.14. The second kappa shape index (κ2) is 5.51. The van der Waals surface area contributed by atoms with Crippen LogP contribution >= 0.6 is 15.9 Å². The minimum atomic E-state index is 0.351. The SMILES string of the molecule is CC1(C(Cc2ccccc2Br)NN)CCCC1. The highest BCUT2D eigenvalue weighted by atomic mass is 79.9. The molecule has 1 atom stereocenters. The zero-order valence-corrected chi connectivity index (χ0v) is 12.0. The lowest BCUT2D eigenvalue weighted by molar-refractivity contribution is 0.220. The van der Waals surface area contributed by atoms with Crippen LogP contribution in [-0.4, -0.2) is 6.04 Å². The maximum atomic E-state index is 5.77. The highest BCUT2D eigenvalue weighted by Crippen LogP contribution is 2.41. The second-order valence-electron chi connectivity index (χ2n) is 5.38. The van der Waals surface area contributed by atoms with Crippen LogP contribution in [0, 0.1) is 5.41 Å². The molecule has 3 heteroatoms. The second-order valence-corrected chi connectivity index (χ2v) is 6.23. The third-order valence-corrected chi connectivity index (χ3v) is 4.94. The quantitative estimate of drug-likeness (QED) is 0.660. The summed E-state index contributed by atoms with van der Waals surface area (Å²) in [4.78, 5) is 0. The van der Waals surface area contributed by atoms with Gasteiger partial charge in [-0.3, -0.25) is 11.3 Å². The number of nitrogens with one attached hydrogen (secondary N) is 1. The molecular weight excluding hydrogens is 276 g/mol. The van der Waals surface area contributed by atoms with Gasteiger partial charge in [0.15, 0.2) is 0 Å². The fraction of sp³-hybridized carbons (Fsp3) is 0.571. The average molecular weight is 297 g/mol. The monoisotopic (exact) mass is 296 g/mol. The predicted octanol–water partition coefficient (Wildman–Crippen LogP) is 3.40. The molecule has 0 saturated heterocycles. The summed E-state index contributed by atoms with van der Waals surface area (Å²) < 4.78 is 1.18. The Kier molecular flexibility index (Phi) is 4.23. The summed E-state index contributed by atoms with van der Waals surface area (Å²) in [6, 6.07) is 8.77. The Morgan fingerprint density at radius 1 is 1.35 bits per heavy atom. The third-order valence-electron chi connectivity index (χ3n) is 4.17. The van der Waals surface area contributed by atoms with Crippen molar-refractivity contribution in [1.29, 1.82) is 0 Å². The van der Waals surface area contributed by atoms with E-state index in [1.165, 1.54) is 35.7 Å². The first-order chi connectivity index (χ1) is 8.15. The number of rotatable bonds is 4. The van der Waals surface area contributed by atoms with Crippen LogP contribution < -0.4 is 11.3 Å². The molecule has 2 rings (SSSR count). The van der Waals surface area contributed by atoms with E-state index in [-0.39, 0.29) is 0 Å². The van der Waals surface area contributed by atoms with E-state index >= 15 is 0 Å². The van der Waals surface area contributed by atoms with Crippen LogP contribution in [0.25, 0.3) is 0 Å². The maximum Gasteiger partial charge on any atom is 0.0305 e. The third kappa shape index (κ3) is 2.90. The van der Waals surface area contributed by atoms with Crippen LogP contribution in [0.5, 0.6) is 0 Å². The highest BCUT2D eigenvalue weighted by molar-refractivity contribution is 9.10. The summed E-state index contributed by atoms with van der Waals surface area (Å²) in [6.45, 7) is 2.36. The van der Waals surface area contributed by atoms with Crippen molar-refractivity contribution in [3.05, 3.63) is 34.3 Å². The molecule has 0 amide bonds. The van der Waals surface area contributed by atoms with E-state index in [0.29, 0.717) is 11.5 Å². The Morgan fingerprint density at radius 2 is 2.00 bits per heavy atom. The van der Waals surface area contributed by atoms with Crippen LogP contribution in [0.2, 0.25) is 0 Å². The molecule has 17 heavy (non-hydrogen) atoms. The maximum absolute atomic E-state index is 5.77. The minimum absolute atomic E-state index is 0.351. The van der Waals surface area contributed by atoms with Crippen molar-refractivity contribution in [2.45, 2.75) is 45.1 Å². The molecule has 1 saturated carbocycles. The zero-order chi connectivity index (χ0) is 12.3. The van der Waals surface area contributed by atoms with Crippen molar-refractivity contribution in [2.24, 2.45) is 11.3 Å². The molecule has 2 nitrogen and oxygen atoms in total. The molecule has 0 radical (unpaired) electrons. The van der Waals surface area contributed by atoms with E-state index in [1.807, 2.05) is 0 Å². The van der Waals surface area contributed by atoms with Crippen LogP contribution in [0.3, 0.4) is 0 Å². The molecule has 94 valence electrons. The minimum Gasteiger partial charge on any atom is -0.271 e. The first kappa shape index (κ1) is 13.1. The molecule has 0 bridgehead atoms. The number of halogens is 1. The summed E-state index contributed by atoms with van der Waals surface area (Å²) in [7, 11) is 0. The van der Waals surface area contributed by atoms with Gasteiger partial charge in [-0.15, -0.1) is 0 Å². The van der Waals surface area contributed by atoms with Gasteiger partial charge in [-0.25, -0.2) is 0 Å². The number of benzene rings is 1. The standard InChI is InChI=1S/C14H21BrN2/c1-14(8-4-5-9-14)13(17-16)10-11-6-2-3-7-12(11)15/h2-3,6-7,13,17H,4-5,8-10,16H2,1H3. The molecule has 1 unspecified atom stereocenters. The van der Waals surface area contributed by atoms with E-state index in [2.05, 4.69) is 52.5 Å². The van der Waals surface area contributed by atoms with Crippen molar-refractivity contribution in [1.82, 2.24) is 5.43 Å². The van der Waals surface area contributed by atoms with Crippen LogP contribution in [-0.2, 0) is 6.42 Å². The van der Waals surface area contributed by atoms with Crippen molar-refractivity contribution >= 4 is 15.9 Å². The van der Waals surface area contributed by atoms with Gasteiger partial charge in [0.1, 0.15) is 0 Å². The fourth-order valence-electron chi connectivity index (χ4n) is 2.92. The molecule has 1 aliphatic rings.